The number of hydrogen-bond donors (Lipinski definition) is 1. The highest BCUT2D eigenvalue weighted by Crippen LogP contribution is 2.43. The maximum absolute atomic E-state index is 12.9. The molecule has 5 heteroatoms. The number of rotatable bonds is 2. The van der Waals surface area contributed by atoms with Crippen LogP contribution in [0.15, 0.2) is 24.3 Å². The first kappa shape index (κ1) is 16.8. The molecule has 24 heavy (non-hydrogen) atoms. The minimum atomic E-state index is 0.221. The average Bonchev–Trinajstić information content (AvgIpc) is 3.00. The Morgan fingerprint density at radius 1 is 1.00 bits per heavy atom. The molecule has 3 heterocycles. The second-order valence-electron chi connectivity index (χ2n) is 7.10. The Balaban J connectivity index is 1.40. The van der Waals surface area contributed by atoms with Gasteiger partial charge in [0.2, 0.25) is 0 Å². The summed E-state index contributed by atoms with van der Waals surface area (Å²) in [7, 11) is 0. The van der Waals surface area contributed by atoms with Gasteiger partial charge >= 0.3 is 0 Å². The van der Waals surface area contributed by atoms with Crippen molar-refractivity contribution in [3.05, 3.63) is 35.4 Å². The van der Waals surface area contributed by atoms with Crippen LogP contribution in [-0.2, 0) is 0 Å². The zero-order valence-corrected chi connectivity index (χ0v) is 15.7. The number of carbonyl (C=O) groups excluding carboxylic acids is 1. The summed E-state index contributed by atoms with van der Waals surface area (Å²) in [5.74, 6) is 4.27. The summed E-state index contributed by atoms with van der Waals surface area (Å²) in [6, 6.07) is 8.42. The second-order valence-corrected chi connectivity index (χ2v) is 9.82. The Hall–Kier alpha value is -0.650. The lowest BCUT2D eigenvalue weighted by Crippen LogP contribution is -2.32. The van der Waals surface area contributed by atoms with Crippen molar-refractivity contribution in [1.82, 2.24) is 10.2 Å². The maximum atomic E-state index is 12.9. The van der Waals surface area contributed by atoms with E-state index < -0.39 is 0 Å². The van der Waals surface area contributed by atoms with Gasteiger partial charge in [-0.1, -0.05) is 12.1 Å². The number of likely N-dealkylation sites (tertiary alicyclic amines) is 1. The quantitative estimate of drug-likeness (QED) is 0.871. The fourth-order valence-electron chi connectivity index (χ4n) is 4.07. The van der Waals surface area contributed by atoms with Crippen molar-refractivity contribution >= 4 is 29.4 Å². The summed E-state index contributed by atoms with van der Waals surface area (Å²) in [5.41, 5.74) is 2.22. The van der Waals surface area contributed by atoms with Crippen molar-refractivity contribution in [3.8, 4) is 0 Å². The van der Waals surface area contributed by atoms with Gasteiger partial charge < -0.3 is 10.2 Å². The van der Waals surface area contributed by atoms with Crippen LogP contribution in [0.5, 0.6) is 0 Å². The molecule has 1 aromatic carbocycles. The van der Waals surface area contributed by atoms with Crippen molar-refractivity contribution in [2.45, 2.75) is 23.8 Å². The molecule has 3 aliphatic heterocycles. The molecular formula is C19H26N2OS2. The Labute approximate surface area is 153 Å². The lowest BCUT2D eigenvalue weighted by atomic mass is 9.92. The van der Waals surface area contributed by atoms with Gasteiger partial charge in [-0.25, -0.2) is 0 Å². The largest absolute Gasteiger partial charge is 0.339 e. The number of fused-ring (bicyclic) bond motifs is 1. The van der Waals surface area contributed by atoms with Gasteiger partial charge in [-0.3, -0.25) is 4.79 Å². The molecule has 0 aliphatic carbocycles. The molecule has 1 N–H and O–H groups in total. The maximum Gasteiger partial charge on any atom is 0.253 e. The SMILES string of the molecule is O=C(c1ccc(C2SCCCS2)cc1)N1CC[C@@H]2CNC[C@@H]2CC1. The smallest absolute Gasteiger partial charge is 0.253 e. The van der Waals surface area contributed by atoms with Crippen LogP contribution < -0.4 is 5.32 Å². The topological polar surface area (TPSA) is 32.3 Å². The van der Waals surface area contributed by atoms with Crippen LogP contribution in [0.1, 0.15) is 39.8 Å². The van der Waals surface area contributed by atoms with Gasteiger partial charge in [-0.15, -0.1) is 23.5 Å². The lowest BCUT2D eigenvalue weighted by molar-refractivity contribution is 0.0758. The predicted molar refractivity (Wildman–Crippen MR) is 104 cm³/mol. The normalized spacial score (nSPS) is 28.4. The monoisotopic (exact) mass is 362 g/mol. The summed E-state index contributed by atoms with van der Waals surface area (Å²) in [6.07, 6.45) is 3.61. The summed E-state index contributed by atoms with van der Waals surface area (Å²) in [5, 5.41) is 3.50. The number of thioether (sulfide) groups is 2. The van der Waals surface area contributed by atoms with Gasteiger partial charge in [0, 0.05) is 18.7 Å². The van der Waals surface area contributed by atoms with Crippen LogP contribution in [-0.4, -0.2) is 48.5 Å². The molecule has 1 aromatic rings. The van der Waals surface area contributed by atoms with Crippen molar-refractivity contribution in [3.63, 3.8) is 0 Å². The average molecular weight is 363 g/mol. The molecule has 1 amide bonds. The molecule has 0 bridgehead atoms. The van der Waals surface area contributed by atoms with Crippen LogP contribution >= 0.6 is 23.5 Å². The van der Waals surface area contributed by atoms with E-state index in [4.69, 9.17) is 0 Å². The molecule has 130 valence electrons. The van der Waals surface area contributed by atoms with Crippen LogP contribution in [0, 0.1) is 11.8 Å². The molecular weight excluding hydrogens is 336 g/mol. The first-order valence-corrected chi connectivity index (χ1v) is 11.2. The van der Waals surface area contributed by atoms with Crippen LogP contribution in [0.25, 0.3) is 0 Å². The number of carbonyl (C=O) groups is 1. The van der Waals surface area contributed by atoms with E-state index in [1.165, 1.54) is 23.5 Å². The fraction of sp³-hybridized carbons (Fsp3) is 0.632. The molecule has 4 rings (SSSR count). The van der Waals surface area contributed by atoms with Gasteiger partial charge in [-0.2, -0.15) is 0 Å². The first-order chi connectivity index (χ1) is 11.8. The molecule has 0 saturated carbocycles. The van der Waals surface area contributed by atoms with E-state index in [0.29, 0.717) is 4.58 Å². The van der Waals surface area contributed by atoms with Crippen molar-refractivity contribution in [2.75, 3.05) is 37.7 Å². The number of amides is 1. The summed E-state index contributed by atoms with van der Waals surface area (Å²) >= 11 is 4.06. The summed E-state index contributed by atoms with van der Waals surface area (Å²) in [6.45, 7) is 4.10. The zero-order valence-electron chi connectivity index (χ0n) is 14.1. The highest BCUT2D eigenvalue weighted by Gasteiger charge is 2.31. The van der Waals surface area contributed by atoms with Gasteiger partial charge in [0.25, 0.3) is 5.91 Å². The zero-order chi connectivity index (χ0) is 16.4. The lowest BCUT2D eigenvalue weighted by Gasteiger charge is -2.23. The molecule has 3 saturated heterocycles. The molecule has 3 aliphatic rings. The minimum absolute atomic E-state index is 0.221. The van der Waals surface area contributed by atoms with E-state index >= 15 is 0 Å². The highest BCUT2D eigenvalue weighted by molar-refractivity contribution is 8.16. The van der Waals surface area contributed by atoms with E-state index in [9.17, 15) is 4.79 Å². The van der Waals surface area contributed by atoms with Crippen LogP contribution in [0.2, 0.25) is 0 Å². The van der Waals surface area contributed by atoms with E-state index in [2.05, 4.69) is 22.3 Å². The third-order valence-corrected chi connectivity index (χ3v) is 8.58. The predicted octanol–water partition coefficient (Wildman–Crippen LogP) is 3.63. The Kier molecular flexibility index (Phi) is 5.40. The molecule has 0 unspecified atom stereocenters. The minimum Gasteiger partial charge on any atom is -0.339 e. The molecule has 3 fully saturated rings. The van der Waals surface area contributed by atoms with E-state index in [1.54, 1.807) is 0 Å². The van der Waals surface area contributed by atoms with Crippen molar-refractivity contribution in [2.24, 2.45) is 11.8 Å². The van der Waals surface area contributed by atoms with Gasteiger partial charge in [0.15, 0.2) is 0 Å². The number of nitrogens with zero attached hydrogens (tertiary/aromatic N) is 1. The van der Waals surface area contributed by atoms with Gasteiger partial charge in [0.1, 0.15) is 0 Å². The fourth-order valence-corrected chi connectivity index (χ4v) is 6.96. The standard InChI is InChI=1S/C19H26N2OS2/c22-18(21-8-6-16-12-20-13-17(16)7-9-21)14-2-4-15(5-3-14)19-23-10-1-11-24-19/h2-5,16-17,19-20H,1,6-13H2/t16-,17+. The number of nitrogens with one attached hydrogen (secondary N) is 1. The highest BCUT2D eigenvalue weighted by atomic mass is 32.2. The van der Waals surface area contributed by atoms with E-state index in [-0.39, 0.29) is 5.91 Å². The van der Waals surface area contributed by atoms with Crippen LogP contribution in [0.4, 0.5) is 0 Å². The van der Waals surface area contributed by atoms with Crippen molar-refractivity contribution < 1.29 is 4.79 Å². The summed E-state index contributed by atoms with van der Waals surface area (Å²) < 4.78 is 0.549. The van der Waals surface area contributed by atoms with Crippen molar-refractivity contribution in [1.29, 1.82) is 0 Å². The molecule has 0 spiro atoms. The molecule has 2 atom stereocenters. The first-order valence-electron chi connectivity index (χ1n) is 9.14. The third-order valence-electron chi connectivity index (χ3n) is 5.56. The van der Waals surface area contributed by atoms with Gasteiger partial charge in [-0.05, 0) is 73.4 Å². The van der Waals surface area contributed by atoms with E-state index in [0.717, 1.165) is 56.4 Å². The van der Waals surface area contributed by atoms with Crippen LogP contribution in [0.3, 0.4) is 0 Å². The Morgan fingerprint density at radius 3 is 2.25 bits per heavy atom. The number of hydrogen-bond acceptors (Lipinski definition) is 4. The Bertz CT molecular complexity index is 557. The molecule has 0 aromatic heterocycles. The van der Waals surface area contributed by atoms with Gasteiger partial charge in [0.05, 0.1) is 4.58 Å². The second kappa shape index (κ2) is 7.71. The van der Waals surface area contributed by atoms with E-state index in [1.807, 2.05) is 35.7 Å². The summed E-state index contributed by atoms with van der Waals surface area (Å²) in [4.78, 5) is 14.9. The molecule has 0 radical (unpaired) electrons. The molecule has 3 nitrogen and oxygen atoms in total. The number of benzene rings is 1. The Morgan fingerprint density at radius 2 is 1.62 bits per heavy atom. The third kappa shape index (κ3) is 3.63.